The molecule has 5 heteroatoms. The van der Waals surface area contributed by atoms with E-state index < -0.39 is 0 Å². The fourth-order valence-electron chi connectivity index (χ4n) is 1.78. The zero-order chi connectivity index (χ0) is 11.8. The summed E-state index contributed by atoms with van der Waals surface area (Å²) in [5.74, 6) is 0.0200. The molecule has 1 amide bonds. The van der Waals surface area contributed by atoms with E-state index >= 15 is 0 Å². The molecule has 5 nitrogen and oxygen atoms in total. The molecule has 0 radical (unpaired) electrons. The summed E-state index contributed by atoms with van der Waals surface area (Å²) in [6.07, 6.45) is 3.98. The summed E-state index contributed by atoms with van der Waals surface area (Å²) >= 11 is 0. The SMILES string of the molecule is NCCOCC(=O)N(CCCO)C1CCC1. The third kappa shape index (κ3) is 4.08. The summed E-state index contributed by atoms with van der Waals surface area (Å²) in [5.41, 5.74) is 5.29. The van der Waals surface area contributed by atoms with Crippen molar-refractivity contribution < 1.29 is 14.6 Å². The summed E-state index contributed by atoms with van der Waals surface area (Å²) in [5, 5.41) is 8.80. The van der Waals surface area contributed by atoms with Crippen LogP contribution in [0.3, 0.4) is 0 Å². The molecule has 0 spiro atoms. The molecule has 1 aliphatic carbocycles. The van der Waals surface area contributed by atoms with Crippen molar-refractivity contribution in [1.82, 2.24) is 4.90 Å². The van der Waals surface area contributed by atoms with Gasteiger partial charge in [-0.2, -0.15) is 0 Å². The minimum atomic E-state index is 0.0200. The van der Waals surface area contributed by atoms with Crippen LogP contribution in [0.4, 0.5) is 0 Å². The van der Waals surface area contributed by atoms with Crippen molar-refractivity contribution in [3.05, 3.63) is 0 Å². The molecule has 16 heavy (non-hydrogen) atoms. The van der Waals surface area contributed by atoms with Crippen LogP contribution in [0.25, 0.3) is 0 Å². The van der Waals surface area contributed by atoms with Crippen LogP contribution in [0, 0.1) is 0 Å². The van der Waals surface area contributed by atoms with Crippen molar-refractivity contribution in [2.24, 2.45) is 5.73 Å². The molecule has 0 bridgehead atoms. The Hall–Kier alpha value is -0.650. The van der Waals surface area contributed by atoms with Gasteiger partial charge in [-0.1, -0.05) is 0 Å². The minimum Gasteiger partial charge on any atom is -0.396 e. The molecule has 0 unspecified atom stereocenters. The van der Waals surface area contributed by atoms with Crippen LogP contribution in [-0.4, -0.2) is 54.9 Å². The van der Waals surface area contributed by atoms with E-state index in [0.717, 1.165) is 12.8 Å². The van der Waals surface area contributed by atoms with Gasteiger partial charge in [-0.25, -0.2) is 0 Å². The van der Waals surface area contributed by atoms with E-state index in [0.29, 0.717) is 32.2 Å². The van der Waals surface area contributed by atoms with E-state index in [1.54, 1.807) is 0 Å². The van der Waals surface area contributed by atoms with Crippen LogP contribution in [0.2, 0.25) is 0 Å². The molecule has 1 aliphatic rings. The van der Waals surface area contributed by atoms with E-state index in [-0.39, 0.29) is 19.1 Å². The van der Waals surface area contributed by atoms with Crippen molar-refractivity contribution in [3.8, 4) is 0 Å². The highest BCUT2D eigenvalue weighted by Gasteiger charge is 2.27. The maximum atomic E-state index is 11.8. The number of hydrogen-bond donors (Lipinski definition) is 2. The number of nitrogens with zero attached hydrogens (tertiary/aromatic N) is 1. The van der Waals surface area contributed by atoms with E-state index in [4.69, 9.17) is 15.6 Å². The lowest BCUT2D eigenvalue weighted by Crippen LogP contribution is -2.46. The molecule has 0 heterocycles. The first-order valence-corrected chi connectivity index (χ1v) is 5.97. The topological polar surface area (TPSA) is 75.8 Å². The molecule has 0 aromatic carbocycles. The number of aliphatic hydroxyl groups excluding tert-OH is 1. The van der Waals surface area contributed by atoms with Crippen LogP contribution in [0.15, 0.2) is 0 Å². The molecule has 94 valence electrons. The van der Waals surface area contributed by atoms with Crippen molar-refractivity contribution in [3.63, 3.8) is 0 Å². The Morgan fingerprint density at radius 1 is 1.50 bits per heavy atom. The normalized spacial score (nSPS) is 15.9. The largest absolute Gasteiger partial charge is 0.396 e. The molecule has 1 rings (SSSR count). The first kappa shape index (κ1) is 13.4. The van der Waals surface area contributed by atoms with Crippen LogP contribution < -0.4 is 5.73 Å². The lowest BCUT2D eigenvalue weighted by Gasteiger charge is -2.37. The Balaban J connectivity index is 2.31. The second-order valence-corrected chi connectivity index (χ2v) is 4.09. The number of hydrogen-bond acceptors (Lipinski definition) is 4. The van der Waals surface area contributed by atoms with E-state index in [2.05, 4.69) is 0 Å². The number of amides is 1. The number of ether oxygens (including phenoxy) is 1. The van der Waals surface area contributed by atoms with Gasteiger partial charge in [-0.05, 0) is 25.7 Å². The Kier molecular flexibility index (Phi) is 6.37. The third-order valence-corrected chi connectivity index (χ3v) is 2.88. The lowest BCUT2D eigenvalue weighted by atomic mass is 9.91. The summed E-state index contributed by atoms with van der Waals surface area (Å²) in [4.78, 5) is 13.7. The van der Waals surface area contributed by atoms with Crippen molar-refractivity contribution >= 4 is 5.91 Å². The van der Waals surface area contributed by atoms with Crippen LogP contribution in [0.5, 0.6) is 0 Å². The second-order valence-electron chi connectivity index (χ2n) is 4.09. The van der Waals surface area contributed by atoms with Gasteiger partial charge in [0.2, 0.25) is 5.91 Å². The number of aliphatic hydroxyl groups is 1. The second kappa shape index (κ2) is 7.60. The van der Waals surface area contributed by atoms with Crippen LogP contribution in [-0.2, 0) is 9.53 Å². The highest BCUT2D eigenvalue weighted by Crippen LogP contribution is 2.24. The maximum absolute atomic E-state index is 11.8. The van der Waals surface area contributed by atoms with Crippen molar-refractivity contribution in [1.29, 1.82) is 0 Å². The Morgan fingerprint density at radius 2 is 2.25 bits per heavy atom. The quantitative estimate of drug-likeness (QED) is 0.563. The fourth-order valence-corrected chi connectivity index (χ4v) is 1.78. The predicted octanol–water partition coefficient (Wildman–Crippen LogP) is -0.275. The zero-order valence-corrected chi connectivity index (χ0v) is 9.73. The van der Waals surface area contributed by atoms with E-state index in [1.807, 2.05) is 4.90 Å². The number of carbonyl (C=O) groups is 1. The molecule has 0 atom stereocenters. The number of rotatable bonds is 8. The molecule has 1 saturated carbocycles. The van der Waals surface area contributed by atoms with Crippen LogP contribution in [0.1, 0.15) is 25.7 Å². The van der Waals surface area contributed by atoms with Gasteiger partial charge in [0, 0.05) is 25.7 Å². The predicted molar refractivity (Wildman–Crippen MR) is 60.9 cm³/mol. The van der Waals surface area contributed by atoms with Crippen LogP contribution >= 0.6 is 0 Å². The molecular formula is C11H22N2O3. The maximum Gasteiger partial charge on any atom is 0.248 e. The number of carbonyl (C=O) groups excluding carboxylic acids is 1. The lowest BCUT2D eigenvalue weighted by molar-refractivity contribution is -0.140. The Morgan fingerprint density at radius 3 is 2.75 bits per heavy atom. The Bertz CT molecular complexity index is 207. The Labute approximate surface area is 96.6 Å². The first-order chi connectivity index (χ1) is 7.79. The molecular weight excluding hydrogens is 208 g/mol. The third-order valence-electron chi connectivity index (χ3n) is 2.88. The fraction of sp³-hybridized carbons (Fsp3) is 0.909. The minimum absolute atomic E-state index is 0.0200. The van der Waals surface area contributed by atoms with Crippen molar-refractivity contribution in [2.75, 3.05) is 32.9 Å². The van der Waals surface area contributed by atoms with Gasteiger partial charge in [0.25, 0.3) is 0 Å². The summed E-state index contributed by atoms with van der Waals surface area (Å²) in [6.45, 7) is 1.73. The van der Waals surface area contributed by atoms with Gasteiger partial charge < -0.3 is 20.5 Å². The summed E-state index contributed by atoms with van der Waals surface area (Å²) < 4.78 is 5.15. The smallest absolute Gasteiger partial charge is 0.248 e. The number of nitrogens with two attached hydrogens (primary N) is 1. The van der Waals surface area contributed by atoms with Gasteiger partial charge >= 0.3 is 0 Å². The molecule has 0 aromatic rings. The van der Waals surface area contributed by atoms with E-state index in [9.17, 15) is 4.79 Å². The van der Waals surface area contributed by atoms with Gasteiger partial charge in [0.05, 0.1) is 6.61 Å². The molecule has 3 N–H and O–H groups in total. The monoisotopic (exact) mass is 230 g/mol. The molecule has 0 aromatic heterocycles. The van der Waals surface area contributed by atoms with E-state index in [1.165, 1.54) is 6.42 Å². The average molecular weight is 230 g/mol. The first-order valence-electron chi connectivity index (χ1n) is 5.97. The molecule has 0 saturated heterocycles. The van der Waals surface area contributed by atoms with Gasteiger partial charge in [0.15, 0.2) is 0 Å². The summed E-state index contributed by atoms with van der Waals surface area (Å²) in [6, 6.07) is 0.362. The standard InChI is InChI=1S/C11H22N2O3/c12-5-8-16-9-11(15)13(6-2-7-14)10-3-1-4-10/h10,14H,1-9,12H2. The molecule has 1 fully saturated rings. The van der Waals surface area contributed by atoms with Gasteiger partial charge in [-0.3, -0.25) is 4.79 Å². The highest BCUT2D eigenvalue weighted by atomic mass is 16.5. The average Bonchev–Trinajstić information content (AvgIpc) is 2.21. The van der Waals surface area contributed by atoms with Crippen molar-refractivity contribution in [2.45, 2.75) is 31.7 Å². The zero-order valence-electron chi connectivity index (χ0n) is 9.73. The molecule has 0 aliphatic heterocycles. The van der Waals surface area contributed by atoms with Gasteiger partial charge in [0.1, 0.15) is 6.61 Å². The van der Waals surface area contributed by atoms with Gasteiger partial charge in [-0.15, -0.1) is 0 Å². The summed E-state index contributed by atoms with van der Waals surface area (Å²) in [7, 11) is 0. The highest BCUT2D eigenvalue weighted by molar-refractivity contribution is 5.77.